The zero-order valence-electron chi connectivity index (χ0n) is 14.3. The molecule has 2 heterocycles. The molecule has 26 heavy (non-hydrogen) atoms. The number of rotatable bonds is 3. The normalized spacial score (nSPS) is 20.0. The van der Waals surface area contributed by atoms with Crippen LogP contribution in [-0.2, 0) is 16.9 Å². The Kier molecular flexibility index (Phi) is 4.52. The molecule has 1 aromatic heterocycles. The Morgan fingerprint density at radius 3 is 2.81 bits per heavy atom. The van der Waals surface area contributed by atoms with E-state index < -0.39 is 11.4 Å². The van der Waals surface area contributed by atoms with Gasteiger partial charge >= 0.3 is 0 Å². The highest BCUT2D eigenvalue weighted by molar-refractivity contribution is 7.12. The van der Waals surface area contributed by atoms with E-state index in [1.807, 2.05) is 13.0 Å². The molecule has 3 N–H and O–H groups in total. The number of aliphatic hydroxyl groups excluding tert-OH is 1. The van der Waals surface area contributed by atoms with Crippen molar-refractivity contribution >= 4 is 23.2 Å². The average molecular weight is 372 g/mol. The number of guanidine groups is 1. The zero-order chi connectivity index (χ0) is 19.1. The van der Waals surface area contributed by atoms with E-state index in [0.717, 1.165) is 10.9 Å². The van der Waals surface area contributed by atoms with Gasteiger partial charge in [0.05, 0.1) is 30.2 Å². The summed E-state index contributed by atoms with van der Waals surface area (Å²) in [7, 11) is 1.53. The van der Waals surface area contributed by atoms with Gasteiger partial charge in [-0.1, -0.05) is 0 Å². The number of thiophene rings is 1. The first-order chi connectivity index (χ1) is 12.3. The van der Waals surface area contributed by atoms with Crippen LogP contribution in [0.4, 0.5) is 4.39 Å². The summed E-state index contributed by atoms with van der Waals surface area (Å²) >= 11 is 1.30. The summed E-state index contributed by atoms with van der Waals surface area (Å²) in [5.41, 5.74) is 0.506. The standard InChI is InChI=1S/C18H17FN4O2S/c1-18(7-16(25)23(2)17(21)22-18)15-6-13(14(9-24)26-15)11-3-10(8-20)4-12(19)5-11/h3-6,24H,7,9H2,1-2H3,(H2,21,22)/t18-/m0/s1. The van der Waals surface area contributed by atoms with Crippen LogP contribution in [0.5, 0.6) is 0 Å². The predicted molar refractivity (Wildman–Crippen MR) is 96.0 cm³/mol. The van der Waals surface area contributed by atoms with Gasteiger partial charge in [-0.15, -0.1) is 11.3 Å². The molecule has 0 aliphatic carbocycles. The molecule has 1 atom stereocenters. The summed E-state index contributed by atoms with van der Waals surface area (Å²) < 4.78 is 13.8. The van der Waals surface area contributed by atoms with Gasteiger partial charge in [-0.05, 0) is 42.3 Å². The molecule has 8 heteroatoms. The molecule has 6 nitrogen and oxygen atoms in total. The molecule has 1 aliphatic heterocycles. The van der Waals surface area contributed by atoms with Crippen molar-refractivity contribution in [2.24, 2.45) is 0 Å². The van der Waals surface area contributed by atoms with Crippen molar-refractivity contribution in [1.29, 1.82) is 10.7 Å². The summed E-state index contributed by atoms with van der Waals surface area (Å²) in [6, 6.07) is 7.72. The van der Waals surface area contributed by atoms with Gasteiger partial charge in [0.2, 0.25) is 5.91 Å². The lowest BCUT2D eigenvalue weighted by molar-refractivity contribution is -0.129. The fourth-order valence-electron chi connectivity index (χ4n) is 2.96. The number of aliphatic hydroxyl groups is 1. The van der Waals surface area contributed by atoms with E-state index >= 15 is 0 Å². The largest absolute Gasteiger partial charge is 0.391 e. The molecular formula is C18H17FN4O2S. The first-order valence-corrected chi connectivity index (χ1v) is 8.67. The van der Waals surface area contributed by atoms with Crippen molar-refractivity contribution in [2.75, 3.05) is 7.05 Å². The first-order valence-electron chi connectivity index (χ1n) is 7.86. The van der Waals surface area contributed by atoms with Gasteiger partial charge in [0, 0.05) is 16.8 Å². The molecule has 3 rings (SSSR count). The number of hydrogen-bond donors (Lipinski definition) is 3. The number of hydrogen-bond acceptors (Lipinski definition) is 5. The molecule has 1 aromatic carbocycles. The smallest absolute Gasteiger partial charge is 0.231 e. The Morgan fingerprint density at radius 1 is 1.46 bits per heavy atom. The van der Waals surface area contributed by atoms with Gasteiger partial charge in [-0.25, -0.2) is 4.39 Å². The quantitative estimate of drug-likeness (QED) is 0.771. The molecule has 0 bridgehead atoms. The lowest BCUT2D eigenvalue weighted by Crippen LogP contribution is -2.57. The van der Waals surface area contributed by atoms with Gasteiger partial charge in [0.15, 0.2) is 5.96 Å². The number of amides is 1. The minimum absolute atomic E-state index is 0.00164. The molecule has 0 saturated carbocycles. The maximum Gasteiger partial charge on any atom is 0.231 e. The number of benzene rings is 1. The number of halogens is 1. The van der Waals surface area contributed by atoms with Crippen LogP contribution in [0.2, 0.25) is 0 Å². The highest BCUT2D eigenvalue weighted by Crippen LogP contribution is 2.40. The zero-order valence-corrected chi connectivity index (χ0v) is 15.1. The topological polar surface area (TPSA) is 100 Å². The van der Waals surface area contributed by atoms with Crippen molar-refractivity contribution in [1.82, 2.24) is 10.2 Å². The van der Waals surface area contributed by atoms with Crippen LogP contribution in [0.1, 0.15) is 28.7 Å². The first kappa shape index (κ1) is 18.0. The van der Waals surface area contributed by atoms with E-state index in [1.54, 1.807) is 12.1 Å². The third-order valence-electron chi connectivity index (χ3n) is 4.44. The maximum absolute atomic E-state index is 13.8. The predicted octanol–water partition coefficient (Wildman–Crippen LogP) is 2.52. The van der Waals surface area contributed by atoms with E-state index in [-0.39, 0.29) is 30.5 Å². The second-order valence-electron chi connectivity index (χ2n) is 6.38. The second-order valence-corrected chi connectivity index (χ2v) is 7.52. The summed E-state index contributed by atoms with van der Waals surface area (Å²) in [5, 5.41) is 29.8. The van der Waals surface area contributed by atoms with Gasteiger partial charge in [0.25, 0.3) is 0 Å². The minimum atomic E-state index is -0.793. The Bertz CT molecular complexity index is 929. The Hall–Kier alpha value is -2.76. The summed E-state index contributed by atoms with van der Waals surface area (Å²) in [6.07, 6.45) is 0.156. The highest BCUT2D eigenvalue weighted by Gasteiger charge is 2.39. The van der Waals surface area contributed by atoms with Gasteiger partial charge in [-0.3, -0.25) is 15.1 Å². The van der Waals surface area contributed by atoms with Crippen LogP contribution in [-0.4, -0.2) is 28.9 Å². The van der Waals surface area contributed by atoms with E-state index in [9.17, 15) is 14.3 Å². The van der Waals surface area contributed by atoms with Crippen molar-refractivity contribution < 1.29 is 14.3 Å². The number of nitrogens with zero attached hydrogens (tertiary/aromatic N) is 2. The fourth-order valence-corrected chi connectivity index (χ4v) is 4.10. The average Bonchev–Trinajstić information content (AvgIpc) is 3.04. The van der Waals surface area contributed by atoms with Crippen LogP contribution in [0.15, 0.2) is 24.3 Å². The number of carbonyl (C=O) groups excluding carboxylic acids is 1. The molecule has 1 fully saturated rings. The van der Waals surface area contributed by atoms with Crippen LogP contribution >= 0.6 is 11.3 Å². The van der Waals surface area contributed by atoms with Gasteiger partial charge in [0.1, 0.15) is 5.82 Å². The lowest BCUT2D eigenvalue weighted by atomic mass is 9.91. The van der Waals surface area contributed by atoms with E-state index in [1.165, 1.54) is 29.4 Å². The Balaban J connectivity index is 2.08. The van der Waals surface area contributed by atoms with Crippen LogP contribution < -0.4 is 5.32 Å². The van der Waals surface area contributed by atoms with E-state index in [2.05, 4.69) is 5.32 Å². The molecule has 0 radical (unpaired) electrons. The third-order valence-corrected chi connectivity index (χ3v) is 5.83. The van der Waals surface area contributed by atoms with E-state index in [0.29, 0.717) is 16.0 Å². The Labute approximate surface area is 154 Å². The van der Waals surface area contributed by atoms with Gasteiger partial charge < -0.3 is 10.4 Å². The number of nitrogens with one attached hydrogen (secondary N) is 2. The van der Waals surface area contributed by atoms with Crippen molar-refractivity contribution in [3.05, 3.63) is 45.4 Å². The van der Waals surface area contributed by atoms with Crippen molar-refractivity contribution in [3.8, 4) is 17.2 Å². The molecule has 0 spiro atoms. The summed E-state index contributed by atoms with van der Waals surface area (Å²) in [6.45, 7) is 1.56. The fraction of sp³-hybridized carbons (Fsp3) is 0.278. The molecule has 2 aromatic rings. The molecule has 134 valence electrons. The van der Waals surface area contributed by atoms with Gasteiger partial charge in [-0.2, -0.15) is 5.26 Å². The molecule has 1 saturated heterocycles. The molecule has 0 unspecified atom stereocenters. The molecule has 1 amide bonds. The third kappa shape index (κ3) is 3.07. The second kappa shape index (κ2) is 6.52. The number of carbonyl (C=O) groups is 1. The monoisotopic (exact) mass is 372 g/mol. The summed E-state index contributed by atoms with van der Waals surface area (Å²) in [5.74, 6) is -0.715. The number of nitriles is 1. The van der Waals surface area contributed by atoms with E-state index in [4.69, 9.17) is 10.7 Å². The highest BCUT2D eigenvalue weighted by atomic mass is 32.1. The summed E-state index contributed by atoms with van der Waals surface area (Å²) in [4.78, 5) is 14.8. The molecule has 1 aliphatic rings. The van der Waals surface area contributed by atoms with Crippen molar-refractivity contribution in [3.63, 3.8) is 0 Å². The van der Waals surface area contributed by atoms with Crippen LogP contribution in [0, 0.1) is 22.6 Å². The maximum atomic E-state index is 13.8. The SMILES string of the molecule is CN1C(=N)N[C@](C)(c2cc(-c3cc(F)cc(C#N)c3)c(CO)s2)CC1=O. The Morgan fingerprint density at radius 2 is 2.19 bits per heavy atom. The minimum Gasteiger partial charge on any atom is -0.391 e. The van der Waals surface area contributed by atoms with Crippen LogP contribution in [0.3, 0.4) is 0 Å². The van der Waals surface area contributed by atoms with Crippen LogP contribution in [0.25, 0.3) is 11.1 Å². The lowest BCUT2D eigenvalue weighted by Gasteiger charge is -2.38. The molecular weight excluding hydrogens is 355 g/mol. The van der Waals surface area contributed by atoms with Crippen molar-refractivity contribution in [2.45, 2.75) is 25.5 Å².